The molecule has 6 nitrogen and oxygen atoms in total. The number of likely N-dealkylation sites (tertiary alicyclic amines) is 1. The van der Waals surface area contributed by atoms with Gasteiger partial charge in [0.2, 0.25) is 5.91 Å². The summed E-state index contributed by atoms with van der Waals surface area (Å²) < 4.78 is 11.8. The molecule has 2 aromatic carbocycles. The van der Waals surface area contributed by atoms with E-state index in [1.54, 1.807) is 20.8 Å². The molecule has 2 amide bonds. The lowest BCUT2D eigenvalue weighted by Gasteiger charge is -2.26. The Kier molecular flexibility index (Phi) is 8.08. The number of esters is 1. The predicted molar refractivity (Wildman–Crippen MR) is 129 cm³/mol. The minimum atomic E-state index is -1.01. The molecule has 7 heteroatoms. The average Bonchev–Trinajstić information content (AvgIpc) is 3.09. The van der Waals surface area contributed by atoms with Crippen molar-refractivity contribution in [2.45, 2.75) is 51.9 Å². The Morgan fingerprint density at radius 1 is 1.09 bits per heavy atom. The van der Waals surface area contributed by atoms with Crippen LogP contribution < -0.4 is 0 Å². The largest absolute Gasteiger partial charge is 0.459 e. The monoisotopic (exact) mass is 513 g/mol. The van der Waals surface area contributed by atoms with Crippen molar-refractivity contribution in [3.8, 4) is 0 Å². The number of allylic oxidation sites excluding steroid dienone is 1. The van der Waals surface area contributed by atoms with Gasteiger partial charge in [-0.15, -0.1) is 0 Å². The fourth-order valence-corrected chi connectivity index (χ4v) is 3.78. The number of hydrogen-bond acceptors (Lipinski definition) is 5. The quantitative estimate of drug-likeness (QED) is 0.460. The Morgan fingerprint density at radius 3 is 2.39 bits per heavy atom. The molecule has 2 aromatic rings. The van der Waals surface area contributed by atoms with Gasteiger partial charge in [0.15, 0.2) is 0 Å². The molecular weight excluding hydrogens is 486 g/mol. The first-order valence-corrected chi connectivity index (χ1v) is 11.6. The third-order valence-electron chi connectivity index (χ3n) is 5.09. The third kappa shape index (κ3) is 7.02. The van der Waals surface area contributed by atoms with Crippen molar-refractivity contribution in [3.63, 3.8) is 0 Å². The average molecular weight is 514 g/mol. The van der Waals surface area contributed by atoms with E-state index in [0.29, 0.717) is 6.42 Å². The van der Waals surface area contributed by atoms with Crippen LogP contribution in [0.15, 0.2) is 65.1 Å². The van der Waals surface area contributed by atoms with E-state index in [4.69, 9.17) is 9.47 Å². The SMILES string of the molecule is CC(C)(C)OC(=O)N1C(=O)[C@H](C/C=C/c2ccc(Br)cc2)C[C@H]1C(=O)OCc1ccccc1. The normalized spacial score (nSPS) is 18.5. The van der Waals surface area contributed by atoms with E-state index in [-0.39, 0.29) is 13.0 Å². The summed E-state index contributed by atoms with van der Waals surface area (Å²) >= 11 is 3.40. The van der Waals surface area contributed by atoms with E-state index in [2.05, 4.69) is 15.9 Å². The van der Waals surface area contributed by atoms with Gasteiger partial charge in [-0.05, 0) is 56.9 Å². The molecule has 2 atom stereocenters. The van der Waals surface area contributed by atoms with E-state index in [0.717, 1.165) is 20.5 Å². The summed E-state index contributed by atoms with van der Waals surface area (Å²) in [4.78, 5) is 39.7. The Hall–Kier alpha value is -2.93. The lowest BCUT2D eigenvalue weighted by atomic mass is 10.0. The zero-order valence-electron chi connectivity index (χ0n) is 19.0. The Morgan fingerprint density at radius 2 is 1.76 bits per heavy atom. The first kappa shape index (κ1) is 24.7. The summed E-state index contributed by atoms with van der Waals surface area (Å²) in [5, 5.41) is 0. The molecular formula is C26H28BrNO5. The fraction of sp³-hybridized carbons (Fsp3) is 0.346. The number of carbonyl (C=O) groups is 3. The van der Waals surface area contributed by atoms with Crippen molar-refractivity contribution >= 4 is 40.0 Å². The van der Waals surface area contributed by atoms with Gasteiger partial charge in [-0.2, -0.15) is 0 Å². The van der Waals surface area contributed by atoms with Crippen molar-refractivity contribution < 1.29 is 23.9 Å². The number of amides is 2. The Balaban J connectivity index is 1.72. The molecule has 33 heavy (non-hydrogen) atoms. The number of rotatable bonds is 6. The number of ether oxygens (including phenoxy) is 2. The summed E-state index contributed by atoms with van der Waals surface area (Å²) in [5.74, 6) is -1.55. The molecule has 1 saturated heterocycles. The van der Waals surface area contributed by atoms with Gasteiger partial charge in [0.25, 0.3) is 0 Å². The van der Waals surface area contributed by atoms with E-state index in [9.17, 15) is 14.4 Å². The molecule has 0 spiro atoms. The molecule has 3 rings (SSSR count). The van der Waals surface area contributed by atoms with Gasteiger partial charge in [-0.1, -0.05) is 70.5 Å². The summed E-state index contributed by atoms with van der Waals surface area (Å²) in [5.41, 5.74) is 1.02. The van der Waals surface area contributed by atoms with Gasteiger partial charge < -0.3 is 9.47 Å². The third-order valence-corrected chi connectivity index (χ3v) is 5.62. The van der Waals surface area contributed by atoms with Crippen LogP contribution in [0.4, 0.5) is 4.79 Å². The molecule has 0 N–H and O–H groups in total. The number of halogens is 1. The van der Waals surface area contributed by atoms with Gasteiger partial charge in [-0.25, -0.2) is 14.5 Å². The minimum Gasteiger partial charge on any atom is -0.459 e. The lowest BCUT2D eigenvalue weighted by Crippen LogP contribution is -2.46. The number of hydrogen-bond donors (Lipinski definition) is 0. The smallest absolute Gasteiger partial charge is 0.417 e. The van der Waals surface area contributed by atoms with Gasteiger partial charge in [-0.3, -0.25) is 4.79 Å². The second kappa shape index (κ2) is 10.8. The molecule has 174 valence electrons. The van der Waals surface area contributed by atoms with Crippen molar-refractivity contribution in [1.82, 2.24) is 4.90 Å². The molecule has 1 aliphatic heterocycles. The standard InChI is InChI=1S/C26H28BrNO5/c1-26(2,3)33-25(31)28-22(24(30)32-17-19-8-5-4-6-9-19)16-20(23(28)29)11-7-10-18-12-14-21(27)15-13-18/h4-10,12-15,20,22H,11,16-17H2,1-3H3/b10-7+/t20-,22+/m1/s1. The van der Waals surface area contributed by atoms with Crippen LogP contribution in [0, 0.1) is 5.92 Å². The van der Waals surface area contributed by atoms with Crippen molar-refractivity contribution in [1.29, 1.82) is 0 Å². The summed E-state index contributed by atoms with van der Waals surface area (Å²) in [6.45, 7) is 5.21. The van der Waals surface area contributed by atoms with E-state index in [1.807, 2.05) is 66.7 Å². The van der Waals surface area contributed by atoms with Crippen LogP contribution in [0.25, 0.3) is 6.08 Å². The van der Waals surface area contributed by atoms with Crippen LogP contribution in [-0.2, 0) is 25.7 Å². The number of benzene rings is 2. The van der Waals surface area contributed by atoms with Crippen LogP contribution in [0.1, 0.15) is 44.7 Å². The maximum atomic E-state index is 13.1. The lowest BCUT2D eigenvalue weighted by molar-refractivity contribution is -0.152. The van der Waals surface area contributed by atoms with Gasteiger partial charge in [0.05, 0.1) is 0 Å². The second-order valence-electron chi connectivity index (χ2n) is 8.92. The zero-order chi connectivity index (χ0) is 24.0. The molecule has 0 saturated carbocycles. The van der Waals surface area contributed by atoms with Crippen LogP contribution in [-0.4, -0.2) is 34.5 Å². The maximum Gasteiger partial charge on any atom is 0.417 e. The van der Waals surface area contributed by atoms with Crippen LogP contribution in [0.3, 0.4) is 0 Å². The Labute approximate surface area is 202 Å². The number of imide groups is 1. The molecule has 1 fully saturated rings. The topological polar surface area (TPSA) is 72.9 Å². The highest BCUT2D eigenvalue weighted by atomic mass is 79.9. The van der Waals surface area contributed by atoms with Crippen molar-refractivity contribution in [2.75, 3.05) is 0 Å². The zero-order valence-corrected chi connectivity index (χ0v) is 20.6. The summed E-state index contributed by atoms with van der Waals surface area (Å²) in [6, 6.07) is 16.0. The van der Waals surface area contributed by atoms with Gasteiger partial charge in [0.1, 0.15) is 18.2 Å². The van der Waals surface area contributed by atoms with Crippen molar-refractivity contribution in [2.24, 2.45) is 5.92 Å². The molecule has 0 bridgehead atoms. The highest BCUT2D eigenvalue weighted by molar-refractivity contribution is 9.10. The molecule has 1 aliphatic rings. The number of nitrogens with zero attached hydrogens (tertiary/aromatic N) is 1. The van der Waals surface area contributed by atoms with Crippen LogP contribution in [0.2, 0.25) is 0 Å². The molecule has 0 aromatic heterocycles. The van der Waals surface area contributed by atoms with Crippen molar-refractivity contribution in [3.05, 3.63) is 76.3 Å². The Bertz CT molecular complexity index is 1010. The van der Waals surface area contributed by atoms with Crippen LogP contribution in [0.5, 0.6) is 0 Å². The molecule has 0 unspecified atom stereocenters. The minimum absolute atomic E-state index is 0.0701. The van der Waals surface area contributed by atoms with E-state index in [1.165, 1.54) is 0 Å². The van der Waals surface area contributed by atoms with E-state index >= 15 is 0 Å². The van der Waals surface area contributed by atoms with Gasteiger partial charge >= 0.3 is 12.1 Å². The molecule has 0 aliphatic carbocycles. The highest BCUT2D eigenvalue weighted by Crippen LogP contribution is 2.31. The second-order valence-corrected chi connectivity index (χ2v) is 9.84. The number of carbonyl (C=O) groups excluding carboxylic acids is 3. The van der Waals surface area contributed by atoms with Gasteiger partial charge in [0, 0.05) is 10.4 Å². The summed E-state index contributed by atoms with van der Waals surface area (Å²) in [7, 11) is 0. The molecule has 0 radical (unpaired) electrons. The maximum absolute atomic E-state index is 13.1. The summed E-state index contributed by atoms with van der Waals surface area (Å²) in [6.07, 6.45) is 3.57. The first-order valence-electron chi connectivity index (χ1n) is 10.8. The van der Waals surface area contributed by atoms with E-state index < -0.39 is 35.5 Å². The predicted octanol–water partition coefficient (Wildman–Crippen LogP) is 5.75. The first-order chi connectivity index (χ1) is 15.6. The van der Waals surface area contributed by atoms with Crippen LogP contribution >= 0.6 is 15.9 Å². The fourth-order valence-electron chi connectivity index (χ4n) is 3.52. The highest BCUT2D eigenvalue weighted by Gasteiger charge is 2.48. The molecule has 1 heterocycles.